The van der Waals surface area contributed by atoms with Gasteiger partial charge in [-0.15, -0.1) is 0 Å². The van der Waals surface area contributed by atoms with Crippen molar-refractivity contribution in [2.24, 2.45) is 0 Å². The molecular weight excluding hydrogens is 969 g/mol. The van der Waals surface area contributed by atoms with Crippen molar-refractivity contribution in [3.05, 3.63) is 169 Å². The molecule has 8 aromatic rings. The number of nitrogens with one attached hydrogen (secondary N) is 1. The highest BCUT2D eigenvalue weighted by Crippen LogP contribution is 2.32. The molecule has 0 radical (unpaired) electrons. The SMILES string of the molecule is COc1ccc(-c2cc(-c3ccccn3)nc(-c3cccc(CNC(=O)N(CCN(CCN(CC(=O)O)Cc4cccc(-c5cc(-c6ccc(OC)cc6)cc(-c6ccccn6)n5)n4)CC(=O)O)CC(=O)O)n3)c2)cc1. The molecule has 0 aliphatic rings. The number of carbonyl (C=O) groups is 4. The fourth-order valence-corrected chi connectivity index (χ4v) is 8.28. The van der Waals surface area contributed by atoms with Crippen LogP contribution in [0.15, 0.2) is 158 Å². The number of amides is 2. The fraction of sp³-hybridized carbons (Fsp3) is 0.193. The summed E-state index contributed by atoms with van der Waals surface area (Å²) in [6.45, 7) is -1.55. The molecule has 8 rings (SSSR count). The molecule has 76 heavy (non-hydrogen) atoms. The van der Waals surface area contributed by atoms with E-state index in [9.17, 15) is 34.5 Å². The largest absolute Gasteiger partial charge is 0.497 e. The summed E-state index contributed by atoms with van der Waals surface area (Å²) in [4.78, 5) is 82.8. The number of hydrogen-bond acceptors (Lipinski definition) is 14. The van der Waals surface area contributed by atoms with Crippen molar-refractivity contribution in [1.82, 2.24) is 49.9 Å². The minimum atomic E-state index is -1.27. The minimum absolute atomic E-state index is 0.0427. The highest BCUT2D eigenvalue weighted by molar-refractivity contribution is 5.80. The van der Waals surface area contributed by atoms with Gasteiger partial charge in [-0.1, -0.05) is 48.5 Å². The van der Waals surface area contributed by atoms with E-state index in [1.165, 1.54) is 4.90 Å². The van der Waals surface area contributed by atoms with Gasteiger partial charge in [0.15, 0.2) is 0 Å². The maximum absolute atomic E-state index is 13.7. The number of urea groups is 1. The summed E-state index contributed by atoms with van der Waals surface area (Å²) in [5.41, 5.74) is 9.33. The first kappa shape index (κ1) is 52.9. The topological polar surface area (TPSA) is 247 Å². The Hall–Kier alpha value is -9.46. The van der Waals surface area contributed by atoms with Gasteiger partial charge in [0.05, 0.1) is 90.8 Å². The number of benzene rings is 2. The first-order chi connectivity index (χ1) is 36.9. The Labute approximate surface area is 438 Å². The molecule has 0 atom stereocenters. The van der Waals surface area contributed by atoms with Crippen molar-refractivity contribution in [2.75, 3.05) is 60.0 Å². The fourth-order valence-electron chi connectivity index (χ4n) is 8.28. The quantitative estimate of drug-likeness (QED) is 0.0454. The maximum atomic E-state index is 13.7. The predicted octanol–water partition coefficient (Wildman–Crippen LogP) is 7.65. The van der Waals surface area contributed by atoms with E-state index in [1.54, 1.807) is 55.8 Å². The van der Waals surface area contributed by atoms with Crippen LogP contribution in [0.4, 0.5) is 4.79 Å². The van der Waals surface area contributed by atoms with Crippen LogP contribution < -0.4 is 14.8 Å². The zero-order valence-electron chi connectivity index (χ0n) is 41.7. The predicted molar refractivity (Wildman–Crippen MR) is 284 cm³/mol. The average Bonchev–Trinajstić information content (AvgIpc) is 3.45. The molecule has 0 unspecified atom stereocenters. The van der Waals surface area contributed by atoms with Crippen molar-refractivity contribution >= 4 is 23.9 Å². The van der Waals surface area contributed by atoms with Crippen molar-refractivity contribution in [3.8, 4) is 79.3 Å². The van der Waals surface area contributed by atoms with Crippen molar-refractivity contribution in [2.45, 2.75) is 13.1 Å². The van der Waals surface area contributed by atoms with Gasteiger partial charge < -0.3 is 35.0 Å². The number of methoxy groups -OCH3 is 2. The number of aromatic nitrogens is 6. The summed E-state index contributed by atoms with van der Waals surface area (Å²) in [5, 5.41) is 32.4. The van der Waals surface area contributed by atoms with Gasteiger partial charge in [-0.2, -0.15) is 0 Å². The van der Waals surface area contributed by atoms with E-state index in [2.05, 4.69) is 15.3 Å². The number of pyridine rings is 6. The maximum Gasteiger partial charge on any atom is 0.323 e. The normalized spacial score (nSPS) is 11.1. The smallest absolute Gasteiger partial charge is 0.323 e. The van der Waals surface area contributed by atoms with Crippen LogP contribution in [0.25, 0.3) is 67.8 Å². The number of ether oxygens (including phenoxy) is 2. The molecular formula is C57H54N10O9. The molecule has 0 bridgehead atoms. The first-order valence-corrected chi connectivity index (χ1v) is 24.1. The number of rotatable bonds is 24. The summed E-state index contributed by atoms with van der Waals surface area (Å²) in [6, 6.07) is 44.1. The average molecular weight is 1020 g/mol. The van der Waals surface area contributed by atoms with Gasteiger partial charge in [0.25, 0.3) is 0 Å². The standard InChI is InChI=1S/C57H54N10O9/c1-75-44-19-15-38(16-20-44)40-29-50(46-11-3-5-23-58-46)63-52(31-40)48-13-7-9-42(61-48)33-60-57(74)67(37-56(72)73)28-27-65(35-54(68)69)25-26-66(36-55(70)71)34-43-10-8-14-49(62-43)53-32-41(39-17-21-45(76-2)22-18-39)30-51(64-53)47-12-4-6-24-59-47/h3-24,29-32H,25-28,33-37H2,1-2H3,(H,60,74)(H,68,69)(H,70,71)(H,72,73). The monoisotopic (exact) mass is 1020 g/mol. The van der Waals surface area contributed by atoms with Gasteiger partial charge in [-0.25, -0.2) is 24.7 Å². The zero-order valence-corrected chi connectivity index (χ0v) is 41.7. The molecule has 2 amide bonds. The highest BCUT2D eigenvalue weighted by atomic mass is 16.5. The van der Waals surface area contributed by atoms with Gasteiger partial charge in [0.1, 0.15) is 18.0 Å². The van der Waals surface area contributed by atoms with Crippen LogP contribution in [0.3, 0.4) is 0 Å². The van der Waals surface area contributed by atoms with Crippen LogP contribution in [0.2, 0.25) is 0 Å². The number of carboxylic acid groups (broad SMARTS) is 3. The van der Waals surface area contributed by atoms with Gasteiger partial charge in [-0.05, 0) is 119 Å². The Morgan fingerprint density at radius 3 is 1.36 bits per heavy atom. The van der Waals surface area contributed by atoms with Crippen molar-refractivity contribution in [1.29, 1.82) is 0 Å². The van der Waals surface area contributed by atoms with Crippen LogP contribution in [0.5, 0.6) is 11.5 Å². The molecule has 6 heterocycles. The van der Waals surface area contributed by atoms with E-state index in [4.69, 9.17) is 29.4 Å². The molecule has 6 aromatic heterocycles. The third-order valence-corrected chi connectivity index (χ3v) is 12.0. The number of carboxylic acids is 3. The molecule has 19 heteroatoms. The summed E-state index contributed by atoms with van der Waals surface area (Å²) in [7, 11) is 3.21. The van der Waals surface area contributed by atoms with E-state index in [0.29, 0.717) is 68.4 Å². The van der Waals surface area contributed by atoms with Gasteiger partial charge in [0, 0.05) is 45.1 Å². The molecule has 0 aliphatic heterocycles. The first-order valence-electron chi connectivity index (χ1n) is 24.1. The van der Waals surface area contributed by atoms with Crippen LogP contribution in [0, 0.1) is 0 Å². The van der Waals surface area contributed by atoms with E-state index in [0.717, 1.165) is 27.2 Å². The lowest BCUT2D eigenvalue weighted by Crippen LogP contribution is -2.48. The Bertz CT molecular complexity index is 3280. The lowest BCUT2D eigenvalue weighted by molar-refractivity contribution is -0.140. The Morgan fingerprint density at radius 2 is 0.882 bits per heavy atom. The van der Waals surface area contributed by atoms with Crippen LogP contribution >= 0.6 is 0 Å². The number of nitrogens with zero attached hydrogens (tertiary/aromatic N) is 9. The summed E-state index contributed by atoms with van der Waals surface area (Å²) in [5.74, 6) is -2.11. The summed E-state index contributed by atoms with van der Waals surface area (Å²) >= 11 is 0. The number of aliphatic carboxylic acids is 3. The molecule has 19 nitrogen and oxygen atoms in total. The van der Waals surface area contributed by atoms with E-state index in [-0.39, 0.29) is 45.8 Å². The van der Waals surface area contributed by atoms with E-state index >= 15 is 0 Å². The van der Waals surface area contributed by atoms with Crippen LogP contribution in [0.1, 0.15) is 11.4 Å². The van der Waals surface area contributed by atoms with Gasteiger partial charge in [-0.3, -0.25) is 34.2 Å². The van der Waals surface area contributed by atoms with Gasteiger partial charge >= 0.3 is 23.9 Å². The van der Waals surface area contributed by atoms with E-state index in [1.807, 2.05) is 121 Å². The third-order valence-electron chi connectivity index (χ3n) is 12.0. The summed E-state index contributed by atoms with van der Waals surface area (Å²) in [6.07, 6.45) is 3.38. The molecule has 0 spiro atoms. The Balaban J connectivity index is 0.943. The second-order valence-corrected chi connectivity index (χ2v) is 17.4. The number of carbonyl (C=O) groups excluding carboxylic acids is 1. The van der Waals surface area contributed by atoms with E-state index < -0.39 is 37.0 Å². The molecule has 4 N–H and O–H groups in total. The van der Waals surface area contributed by atoms with Crippen LogP contribution in [-0.4, -0.2) is 144 Å². The Morgan fingerprint density at radius 1 is 0.447 bits per heavy atom. The molecule has 2 aromatic carbocycles. The van der Waals surface area contributed by atoms with Crippen molar-refractivity contribution in [3.63, 3.8) is 0 Å². The highest BCUT2D eigenvalue weighted by Gasteiger charge is 2.22. The lowest BCUT2D eigenvalue weighted by Gasteiger charge is -2.28. The lowest BCUT2D eigenvalue weighted by atomic mass is 10.0. The number of hydrogen-bond donors (Lipinski definition) is 4. The Kier molecular flexibility index (Phi) is 17.7. The zero-order chi connectivity index (χ0) is 53.4. The van der Waals surface area contributed by atoms with Gasteiger partial charge in [0.2, 0.25) is 0 Å². The molecule has 0 fully saturated rings. The summed E-state index contributed by atoms with van der Waals surface area (Å²) < 4.78 is 10.7. The molecule has 0 saturated heterocycles. The molecule has 386 valence electrons. The molecule has 0 saturated carbocycles. The third kappa shape index (κ3) is 14.6. The van der Waals surface area contributed by atoms with Crippen LogP contribution in [-0.2, 0) is 27.5 Å². The second-order valence-electron chi connectivity index (χ2n) is 17.4. The van der Waals surface area contributed by atoms with Crippen molar-refractivity contribution < 1.29 is 44.0 Å². The molecule has 0 aliphatic carbocycles. The second kappa shape index (κ2) is 25.5. The minimum Gasteiger partial charge on any atom is -0.497 e.